The zero-order valence-corrected chi connectivity index (χ0v) is 16.2. The van der Waals surface area contributed by atoms with Crippen LogP contribution < -0.4 is 10.1 Å². The Hall–Kier alpha value is -1.16. The van der Waals surface area contributed by atoms with Crippen molar-refractivity contribution in [2.45, 2.75) is 25.0 Å². The zero-order valence-electron chi connectivity index (χ0n) is 14.6. The molecular formula is C20H26ClNOS. The molecule has 0 radical (unpaired) electrons. The second kappa shape index (κ2) is 9.36. The predicted molar refractivity (Wildman–Crippen MR) is 107 cm³/mol. The van der Waals surface area contributed by atoms with Gasteiger partial charge in [0.15, 0.2) is 0 Å². The fourth-order valence-electron chi connectivity index (χ4n) is 2.46. The molecule has 0 bridgehead atoms. The lowest BCUT2D eigenvalue weighted by atomic mass is 9.85. The van der Waals surface area contributed by atoms with Crippen LogP contribution in [0.5, 0.6) is 5.75 Å². The average molecular weight is 364 g/mol. The third-order valence-electron chi connectivity index (χ3n) is 4.04. The van der Waals surface area contributed by atoms with Gasteiger partial charge in [-0.2, -0.15) is 11.8 Å². The van der Waals surface area contributed by atoms with Gasteiger partial charge in [-0.1, -0.05) is 49.7 Å². The molecule has 0 aromatic heterocycles. The molecule has 130 valence electrons. The highest BCUT2D eigenvalue weighted by atomic mass is 35.5. The van der Waals surface area contributed by atoms with E-state index in [-0.39, 0.29) is 5.41 Å². The van der Waals surface area contributed by atoms with E-state index in [9.17, 15) is 0 Å². The molecule has 0 saturated carbocycles. The highest BCUT2D eigenvalue weighted by Gasteiger charge is 2.19. The molecule has 0 unspecified atom stereocenters. The fraction of sp³-hybridized carbons (Fsp3) is 0.400. The van der Waals surface area contributed by atoms with Gasteiger partial charge in [-0.25, -0.2) is 0 Å². The number of hydrogen-bond donors (Lipinski definition) is 1. The molecular weight excluding hydrogens is 338 g/mol. The standard InChI is InChI=1S/C20H26ClNOS/c1-20(2,17-6-8-18(21)9-7-17)15-22-12-13-24-14-16-4-10-19(23-3)11-5-16/h4-11,22H,12-15H2,1-3H3. The molecule has 0 atom stereocenters. The first-order chi connectivity index (χ1) is 11.5. The summed E-state index contributed by atoms with van der Waals surface area (Å²) in [5.74, 6) is 3.05. The van der Waals surface area contributed by atoms with E-state index in [0.29, 0.717) is 0 Å². The lowest BCUT2D eigenvalue weighted by Crippen LogP contribution is -2.34. The predicted octanol–water partition coefficient (Wildman–Crippen LogP) is 5.15. The van der Waals surface area contributed by atoms with Crippen LogP contribution in [-0.4, -0.2) is 26.0 Å². The largest absolute Gasteiger partial charge is 0.497 e. The van der Waals surface area contributed by atoms with Gasteiger partial charge in [-0.05, 0) is 35.4 Å². The SMILES string of the molecule is COc1ccc(CSCCNCC(C)(C)c2ccc(Cl)cc2)cc1. The van der Waals surface area contributed by atoms with Crippen LogP contribution in [0.4, 0.5) is 0 Å². The van der Waals surface area contributed by atoms with E-state index in [0.717, 1.165) is 35.4 Å². The molecule has 0 aliphatic heterocycles. The topological polar surface area (TPSA) is 21.3 Å². The van der Waals surface area contributed by atoms with Crippen LogP contribution in [0.2, 0.25) is 5.02 Å². The number of ether oxygens (including phenoxy) is 1. The van der Waals surface area contributed by atoms with Gasteiger partial charge >= 0.3 is 0 Å². The lowest BCUT2D eigenvalue weighted by molar-refractivity contribution is 0.414. The minimum absolute atomic E-state index is 0.102. The third-order valence-corrected chi connectivity index (χ3v) is 5.33. The fourth-order valence-corrected chi connectivity index (χ4v) is 3.45. The van der Waals surface area contributed by atoms with Crippen LogP contribution in [0.3, 0.4) is 0 Å². The molecule has 2 aromatic rings. The van der Waals surface area contributed by atoms with E-state index in [1.807, 2.05) is 36.0 Å². The summed E-state index contributed by atoms with van der Waals surface area (Å²) in [4.78, 5) is 0. The number of halogens is 1. The molecule has 2 rings (SSSR count). The first kappa shape index (κ1) is 19.2. The quantitative estimate of drug-likeness (QED) is 0.622. The van der Waals surface area contributed by atoms with E-state index in [2.05, 4.69) is 43.4 Å². The normalized spacial score (nSPS) is 11.5. The smallest absolute Gasteiger partial charge is 0.118 e. The second-order valence-electron chi connectivity index (χ2n) is 6.47. The van der Waals surface area contributed by atoms with Crippen molar-refractivity contribution in [1.29, 1.82) is 0 Å². The zero-order chi connectivity index (χ0) is 17.4. The van der Waals surface area contributed by atoms with Crippen LogP contribution in [0.1, 0.15) is 25.0 Å². The van der Waals surface area contributed by atoms with Crippen molar-refractivity contribution in [3.8, 4) is 5.75 Å². The number of methoxy groups -OCH3 is 1. The number of rotatable bonds is 9. The molecule has 0 saturated heterocycles. The first-order valence-electron chi connectivity index (χ1n) is 8.19. The summed E-state index contributed by atoms with van der Waals surface area (Å²) in [6.45, 7) is 6.48. The lowest BCUT2D eigenvalue weighted by Gasteiger charge is -2.26. The van der Waals surface area contributed by atoms with E-state index in [1.165, 1.54) is 11.1 Å². The Morgan fingerprint density at radius 1 is 1.04 bits per heavy atom. The minimum atomic E-state index is 0.102. The van der Waals surface area contributed by atoms with Crippen molar-refractivity contribution >= 4 is 23.4 Å². The van der Waals surface area contributed by atoms with Gasteiger partial charge < -0.3 is 10.1 Å². The number of hydrogen-bond acceptors (Lipinski definition) is 3. The first-order valence-corrected chi connectivity index (χ1v) is 9.72. The summed E-state index contributed by atoms with van der Waals surface area (Å²) in [6.07, 6.45) is 0. The van der Waals surface area contributed by atoms with Crippen LogP contribution in [0.15, 0.2) is 48.5 Å². The van der Waals surface area contributed by atoms with E-state index in [4.69, 9.17) is 16.3 Å². The van der Waals surface area contributed by atoms with Crippen molar-refractivity contribution in [3.63, 3.8) is 0 Å². The van der Waals surface area contributed by atoms with Crippen molar-refractivity contribution in [2.24, 2.45) is 0 Å². The van der Waals surface area contributed by atoms with Crippen LogP contribution >= 0.6 is 23.4 Å². The number of thioether (sulfide) groups is 1. The molecule has 0 fully saturated rings. The monoisotopic (exact) mass is 363 g/mol. The molecule has 0 spiro atoms. The Labute approximate surface area is 154 Å². The van der Waals surface area contributed by atoms with Crippen molar-refractivity contribution in [3.05, 3.63) is 64.7 Å². The van der Waals surface area contributed by atoms with Crippen LogP contribution in [-0.2, 0) is 11.2 Å². The molecule has 2 aromatic carbocycles. The van der Waals surface area contributed by atoms with E-state index >= 15 is 0 Å². The summed E-state index contributed by atoms with van der Waals surface area (Å²) in [6, 6.07) is 16.4. The summed E-state index contributed by atoms with van der Waals surface area (Å²) < 4.78 is 5.18. The van der Waals surface area contributed by atoms with Crippen molar-refractivity contribution < 1.29 is 4.74 Å². The Morgan fingerprint density at radius 2 is 1.71 bits per heavy atom. The maximum absolute atomic E-state index is 5.97. The van der Waals surface area contributed by atoms with Gasteiger partial charge in [0.2, 0.25) is 0 Å². The summed E-state index contributed by atoms with van der Waals surface area (Å²) in [7, 11) is 1.70. The molecule has 4 heteroatoms. The molecule has 0 aliphatic rings. The molecule has 0 amide bonds. The van der Waals surface area contributed by atoms with Crippen LogP contribution in [0, 0.1) is 0 Å². The highest BCUT2D eigenvalue weighted by Crippen LogP contribution is 2.24. The average Bonchev–Trinajstić information content (AvgIpc) is 2.59. The van der Waals surface area contributed by atoms with Crippen LogP contribution in [0.25, 0.3) is 0 Å². The molecule has 2 nitrogen and oxygen atoms in total. The number of nitrogens with one attached hydrogen (secondary N) is 1. The summed E-state index contributed by atoms with van der Waals surface area (Å²) >= 11 is 7.91. The maximum atomic E-state index is 5.97. The molecule has 0 aliphatic carbocycles. The second-order valence-corrected chi connectivity index (χ2v) is 8.01. The maximum Gasteiger partial charge on any atom is 0.118 e. The van der Waals surface area contributed by atoms with E-state index in [1.54, 1.807) is 7.11 Å². The molecule has 1 N–H and O–H groups in total. The third kappa shape index (κ3) is 6.04. The molecule has 0 heterocycles. The van der Waals surface area contributed by atoms with Gasteiger partial charge in [-0.15, -0.1) is 0 Å². The van der Waals surface area contributed by atoms with Gasteiger partial charge in [0, 0.05) is 35.0 Å². The Morgan fingerprint density at radius 3 is 2.33 bits per heavy atom. The van der Waals surface area contributed by atoms with Crippen molar-refractivity contribution in [1.82, 2.24) is 5.32 Å². The van der Waals surface area contributed by atoms with Gasteiger partial charge in [0.1, 0.15) is 5.75 Å². The number of benzene rings is 2. The Balaban J connectivity index is 1.66. The summed E-state index contributed by atoms with van der Waals surface area (Å²) in [5.41, 5.74) is 2.75. The van der Waals surface area contributed by atoms with Gasteiger partial charge in [0.05, 0.1) is 7.11 Å². The Bertz CT molecular complexity index is 611. The van der Waals surface area contributed by atoms with Crippen molar-refractivity contribution in [2.75, 3.05) is 26.0 Å². The van der Waals surface area contributed by atoms with Gasteiger partial charge in [-0.3, -0.25) is 0 Å². The van der Waals surface area contributed by atoms with Gasteiger partial charge in [0.25, 0.3) is 0 Å². The summed E-state index contributed by atoms with van der Waals surface area (Å²) in [5, 5.41) is 4.36. The molecule has 24 heavy (non-hydrogen) atoms. The highest BCUT2D eigenvalue weighted by molar-refractivity contribution is 7.98. The van der Waals surface area contributed by atoms with E-state index < -0.39 is 0 Å². The Kier molecular flexibility index (Phi) is 7.47. The minimum Gasteiger partial charge on any atom is -0.497 e.